The summed E-state index contributed by atoms with van der Waals surface area (Å²) in [5.74, 6) is 0. The Balaban J connectivity index is 1.66. The second-order valence-corrected chi connectivity index (χ2v) is 7.61. The van der Waals surface area contributed by atoms with Crippen LogP contribution < -0.4 is 5.32 Å². The first-order valence-electron chi connectivity index (χ1n) is 8.03. The fraction of sp³-hybridized carbons (Fsp3) is 0.556. The van der Waals surface area contributed by atoms with E-state index in [4.69, 9.17) is 0 Å². The minimum absolute atomic E-state index is 0.475. The molecule has 0 amide bonds. The highest BCUT2D eigenvalue weighted by Crippen LogP contribution is 2.38. The molecule has 1 aromatic heterocycles. The van der Waals surface area contributed by atoms with Crippen molar-refractivity contribution in [2.24, 2.45) is 7.05 Å². The predicted octanol–water partition coefficient (Wildman–Crippen LogP) is 4.33. The third-order valence-corrected chi connectivity index (χ3v) is 6.36. The van der Waals surface area contributed by atoms with Crippen molar-refractivity contribution in [3.8, 4) is 0 Å². The summed E-state index contributed by atoms with van der Waals surface area (Å²) in [6.45, 7) is 2.11. The van der Waals surface area contributed by atoms with Crippen LogP contribution in [0, 0.1) is 0 Å². The lowest BCUT2D eigenvalue weighted by molar-refractivity contribution is 0.379. The second kappa shape index (κ2) is 6.45. The zero-order valence-electron chi connectivity index (χ0n) is 13.2. The fourth-order valence-electron chi connectivity index (χ4n) is 3.64. The van der Waals surface area contributed by atoms with Gasteiger partial charge in [-0.15, -0.1) is 0 Å². The summed E-state index contributed by atoms with van der Waals surface area (Å²) in [7, 11) is 2.14. The van der Waals surface area contributed by atoms with E-state index < -0.39 is 0 Å². The van der Waals surface area contributed by atoms with Gasteiger partial charge in [0.1, 0.15) is 0 Å². The summed E-state index contributed by atoms with van der Waals surface area (Å²) in [6, 6.07) is 8.68. The molecule has 0 radical (unpaired) electrons. The summed E-state index contributed by atoms with van der Waals surface area (Å²) in [5, 5.41) is 5.12. The molecule has 0 spiro atoms. The molecule has 0 atom stereocenters. The number of aryl methyl sites for hydroxylation is 1. The first-order chi connectivity index (χ1) is 10.2. The van der Waals surface area contributed by atoms with Crippen molar-refractivity contribution in [3.63, 3.8) is 0 Å². The van der Waals surface area contributed by atoms with E-state index in [1.807, 2.05) is 0 Å². The molecule has 2 nitrogen and oxygen atoms in total. The fourth-order valence-corrected chi connectivity index (χ4v) is 4.58. The SMILES string of the molecule is CSC1(CNCc2cn(C)c3ccccc23)CCCCC1. The van der Waals surface area contributed by atoms with Gasteiger partial charge < -0.3 is 9.88 Å². The Bertz CT molecular complexity index is 596. The van der Waals surface area contributed by atoms with E-state index >= 15 is 0 Å². The van der Waals surface area contributed by atoms with Gasteiger partial charge in [0.15, 0.2) is 0 Å². The average Bonchev–Trinajstić information content (AvgIpc) is 2.85. The zero-order chi connectivity index (χ0) is 14.7. The maximum atomic E-state index is 3.73. The monoisotopic (exact) mass is 302 g/mol. The highest BCUT2D eigenvalue weighted by Gasteiger charge is 2.30. The summed E-state index contributed by atoms with van der Waals surface area (Å²) in [6.07, 6.45) is 11.5. The summed E-state index contributed by atoms with van der Waals surface area (Å²) < 4.78 is 2.71. The number of benzene rings is 1. The van der Waals surface area contributed by atoms with E-state index in [2.05, 4.69) is 65.4 Å². The molecule has 0 aliphatic heterocycles. The molecule has 1 saturated carbocycles. The van der Waals surface area contributed by atoms with Crippen molar-refractivity contribution in [3.05, 3.63) is 36.0 Å². The van der Waals surface area contributed by atoms with Crippen LogP contribution in [0.2, 0.25) is 0 Å². The molecule has 1 N–H and O–H groups in total. The van der Waals surface area contributed by atoms with Gasteiger partial charge in [-0.05, 0) is 30.7 Å². The van der Waals surface area contributed by atoms with Crippen LogP contribution in [0.25, 0.3) is 10.9 Å². The van der Waals surface area contributed by atoms with Gasteiger partial charge >= 0.3 is 0 Å². The minimum Gasteiger partial charge on any atom is -0.350 e. The van der Waals surface area contributed by atoms with E-state index in [-0.39, 0.29) is 0 Å². The van der Waals surface area contributed by atoms with E-state index in [9.17, 15) is 0 Å². The number of nitrogens with one attached hydrogen (secondary N) is 1. The number of rotatable bonds is 5. The molecule has 0 unspecified atom stereocenters. The topological polar surface area (TPSA) is 17.0 Å². The summed E-state index contributed by atoms with van der Waals surface area (Å²) in [5.41, 5.74) is 2.74. The number of fused-ring (bicyclic) bond motifs is 1. The molecule has 1 aliphatic rings. The number of aromatic nitrogens is 1. The van der Waals surface area contributed by atoms with Crippen LogP contribution in [0.4, 0.5) is 0 Å². The van der Waals surface area contributed by atoms with Gasteiger partial charge in [0.05, 0.1) is 0 Å². The van der Waals surface area contributed by atoms with Crippen LogP contribution in [-0.2, 0) is 13.6 Å². The van der Waals surface area contributed by atoms with Crippen LogP contribution in [0.5, 0.6) is 0 Å². The number of para-hydroxylation sites is 1. The molecule has 21 heavy (non-hydrogen) atoms. The maximum Gasteiger partial charge on any atom is 0.0481 e. The molecule has 1 aliphatic carbocycles. The molecule has 114 valence electrons. The van der Waals surface area contributed by atoms with Crippen LogP contribution in [0.1, 0.15) is 37.7 Å². The lowest BCUT2D eigenvalue weighted by Crippen LogP contribution is -2.39. The van der Waals surface area contributed by atoms with E-state index in [0.29, 0.717) is 4.75 Å². The number of hydrogen-bond acceptors (Lipinski definition) is 2. The molecular weight excluding hydrogens is 276 g/mol. The molecule has 1 fully saturated rings. The van der Waals surface area contributed by atoms with Gasteiger partial charge in [-0.3, -0.25) is 0 Å². The molecule has 3 rings (SSSR count). The normalized spacial score (nSPS) is 18.2. The Kier molecular flexibility index (Phi) is 4.60. The first-order valence-corrected chi connectivity index (χ1v) is 9.25. The highest BCUT2D eigenvalue weighted by molar-refractivity contribution is 8.00. The average molecular weight is 302 g/mol. The third-order valence-electron chi connectivity index (χ3n) is 4.94. The highest BCUT2D eigenvalue weighted by atomic mass is 32.2. The molecule has 2 aromatic rings. The first kappa shape index (κ1) is 15.0. The lowest BCUT2D eigenvalue weighted by atomic mass is 9.88. The Morgan fingerprint density at radius 2 is 1.95 bits per heavy atom. The largest absolute Gasteiger partial charge is 0.350 e. The van der Waals surface area contributed by atoms with Gasteiger partial charge in [-0.1, -0.05) is 37.5 Å². The zero-order valence-corrected chi connectivity index (χ0v) is 14.0. The number of thioether (sulfide) groups is 1. The molecule has 0 saturated heterocycles. The molecule has 1 aromatic carbocycles. The van der Waals surface area contributed by atoms with Crippen molar-refractivity contribution >= 4 is 22.7 Å². The summed E-state index contributed by atoms with van der Waals surface area (Å²) >= 11 is 2.07. The molecule has 3 heteroatoms. The standard InChI is InChI=1S/C18H26N2S/c1-20-13-15(16-8-4-5-9-17(16)20)12-19-14-18(21-2)10-6-3-7-11-18/h4-5,8-9,13,19H,3,6-7,10-12,14H2,1-2H3. The van der Waals surface area contributed by atoms with Gasteiger partial charge in [-0.25, -0.2) is 0 Å². The minimum atomic E-state index is 0.475. The van der Waals surface area contributed by atoms with Gasteiger partial charge in [-0.2, -0.15) is 11.8 Å². The number of nitrogens with zero attached hydrogens (tertiary/aromatic N) is 1. The third kappa shape index (κ3) is 3.14. The predicted molar refractivity (Wildman–Crippen MR) is 94.0 cm³/mol. The number of hydrogen-bond donors (Lipinski definition) is 1. The Labute approximate surface area is 132 Å². The maximum absolute atomic E-state index is 3.73. The van der Waals surface area contributed by atoms with Crippen LogP contribution in [0.15, 0.2) is 30.5 Å². The second-order valence-electron chi connectivity index (χ2n) is 6.33. The van der Waals surface area contributed by atoms with Crippen LogP contribution >= 0.6 is 11.8 Å². The van der Waals surface area contributed by atoms with E-state index in [1.165, 1.54) is 48.6 Å². The van der Waals surface area contributed by atoms with Crippen molar-refractivity contribution in [1.82, 2.24) is 9.88 Å². The van der Waals surface area contributed by atoms with Gasteiger partial charge in [0.25, 0.3) is 0 Å². The quantitative estimate of drug-likeness (QED) is 0.885. The van der Waals surface area contributed by atoms with Crippen LogP contribution in [0.3, 0.4) is 0 Å². The van der Waals surface area contributed by atoms with E-state index in [0.717, 1.165) is 13.1 Å². The Morgan fingerprint density at radius 1 is 1.19 bits per heavy atom. The van der Waals surface area contributed by atoms with Gasteiger partial charge in [0, 0.05) is 42.0 Å². The molecule has 1 heterocycles. The smallest absolute Gasteiger partial charge is 0.0481 e. The van der Waals surface area contributed by atoms with Crippen molar-refractivity contribution in [2.45, 2.75) is 43.4 Å². The van der Waals surface area contributed by atoms with Crippen LogP contribution in [-0.4, -0.2) is 22.1 Å². The van der Waals surface area contributed by atoms with Gasteiger partial charge in [0.2, 0.25) is 0 Å². The van der Waals surface area contributed by atoms with Crippen molar-refractivity contribution in [2.75, 3.05) is 12.8 Å². The van der Waals surface area contributed by atoms with Crippen molar-refractivity contribution in [1.29, 1.82) is 0 Å². The Hall–Kier alpha value is -0.930. The van der Waals surface area contributed by atoms with Crippen molar-refractivity contribution < 1.29 is 0 Å². The molecule has 0 bridgehead atoms. The van der Waals surface area contributed by atoms with E-state index in [1.54, 1.807) is 0 Å². The lowest BCUT2D eigenvalue weighted by Gasteiger charge is -2.36. The summed E-state index contributed by atoms with van der Waals surface area (Å²) in [4.78, 5) is 0. The Morgan fingerprint density at radius 3 is 2.71 bits per heavy atom. The molecular formula is C18H26N2S.